The van der Waals surface area contributed by atoms with Crippen molar-refractivity contribution in [3.63, 3.8) is 0 Å². The van der Waals surface area contributed by atoms with E-state index in [0.29, 0.717) is 11.8 Å². The van der Waals surface area contributed by atoms with Crippen LogP contribution in [0.3, 0.4) is 0 Å². The average Bonchev–Trinajstić information content (AvgIpc) is 3.58. The van der Waals surface area contributed by atoms with Gasteiger partial charge in [0.1, 0.15) is 12.1 Å². The Morgan fingerprint density at radius 1 is 0.537 bits per heavy atom. The Labute approximate surface area is 257 Å². The van der Waals surface area contributed by atoms with Crippen molar-refractivity contribution < 1.29 is 0 Å². The van der Waals surface area contributed by atoms with E-state index in [2.05, 4.69) is 113 Å². The van der Waals surface area contributed by atoms with Crippen LogP contribution in [0.4, 0.5) is 0 Å². The zero-order chi connectivity index (χ0) is 28.3. The Bertz CT molecular complexity index is 1520. The van der Waals surface area contributed by atoms with Crippen molar-refractivity contribution >= 4 is 57.4 Å². The van der Waals surface area contributed by atoms with Gasteiger partial charge in [-0.15, -0.1) is 22.7 Å². The first-order valence-corrected chi connectivity index (χ1v) is 16.9. The van der Waals surface area contributed by atoms with Crippen molar-refractivity contribution in [2.45, 2.75) is 53.4 Å². The minimum absolute atomic E-state index is 0.669. The molecule has 1 aliphatic carbocycles. The molecule has 0 saturated carbocycles. The quantitative estimate of drug-likeness (QED) is 0.187. The highest BCUT2D eigenvalue weighted by atomic mass is 32.2. The molecule has 3 heterocycles. The first kappa shape index (κ1) is 28.1. The molecule has 2 bridgehead atoms. The fraction of sp³-hybridized carbons (Fsp3) is 0.278. The smallest absolute Gasteiger partial charge is 0.115 e. The molecule has 5 heteroatoms. The Balaban J connectivity index is 1.28. The maximum Gasteiger partial charge on any atom is 0.115 e. The topological polar surface area (TPSA) is 24.7 Å². The van der Waals surface area contributed by atoms with Crippen LogP contribution in [0.5, 0.6) is 0 Å². The van der Waals surface area contributed by atoms with Crippen LogP contribution in [0, 0.1) is 11.8 Å². The lowest BCUT2D eigenvalue weighted by molar-refractivity contribution is 0.647. The predicted molar refractivity (Wildman–Crippen MR) is 184 cm³/mol. The number of fused-ring (bicyclic) bond motifs is 3. The maximum absolute atomic E-state index is 4.85. The van der Waals surface area contributed by atoms with Gasteiger partial charge in [0.25, 0.3) is 0 Å². The predicted octanol–water partition coefficient (Wildman–Crippen LogP) is 11.3. The van der Waals surface area contributed by atoms with Crippen molar-refractivity contribution in [2.24, 2.45) is 20.6 Å². The molecule has 1 aliphatic heterocycles. The minimum atomic E-state index is 0.669. The summed E-state index contributed by atoms with van der Waals surface area (Å²) in [7, 11) is 0. The Morgan fingerprint density at radius 3 is 1.32 bits per heavy atom. The summed E-state index contributed by atoms with van der Waals surface area (Å²) in [6.07, 6.45) is 8.60. The highest BCUT2D eigenvalue weighted by molar-refractivity contribution is 7.97. The molecule has 2 nitrogen and oxygen atoms in total. The summed E-state index contributed by atoms with van der Waals surface area (Å²) in [6.45, 7) is 9.09. The number of hydrogen-bond acceptors (Lipinski definition) is 5. The summed E-state index contributed by atoms with van der Waals surface area (Å²) in [4.78, 5) is 5.12. The molecule has 0 amide bonds. The minimum Gasteiger partial charge on any atom is -0.197 e. The van der Waals surface area contributed by atoms with Crippen molar-refractivity contribution in [2.75, 3.05) is 0 Å². The Morgan fingerprint density at radius 2 is 0.927 bits per heavy atom. The van der Waals surface area contributed by atoms with Gasteiger partial charge in [0.2, 0.25) is 0 Å². The first-order valence-electron chi connectivity index (χ1n) is 14.5. The van der Waals surface area contributed by atoms with Crippen LogP contribution in [0.1, 0.15) is 61.4 Å². The molecular formula is C36H36N2S3. The van der Waals surface area contributed by atoms with Crippen LogP contribution in [0.25, 0.3) is 32.0 Å². The zero-order valence-corrected chi connectivity index (χ0v) is 26.6. The van der Waals surface area contributed by atoms with Crippen molar-refractivity contribution in [1.82, 2.24) is 0 Å². The van der Waals surface area contributed by atoms with Gasteiger partial charge in [-0.3, -0.25) is 0 Å². The molecule has 2 aromatic heterocycles. The first-order chi connectivity index (χ1) is 19.9. The highest BCUT2D eigenvalue weighted by Gasteiger charge is 2.22. The van der Waals surface area contributed by atoms with Crippen LogP contribution in [0.15, 0.2) is 93.7 Å². The third-order valence-electron chi connectivity index (χ3n) is 7.45. The van der Waals surface area contributed by atoms with E-state index in [4.69, 9.17) is 8.80 Å². The fourth-order valence-electron chi connectivity index (χ4n) is 5.45. The lowest BCUT2D eigenvalue weighted by atomic mass is 9.94. The third kappa shape index (κ3) is 6.58. The van der Waals surface area contributed by atoms with Crippen LogP contribution in [0.2, 0.25) is 0 Å². The lowest BCUT2D eigenvalue weighted by Gasteiger charge is -2.13. The van der Waals surface area contributed by atoms with Gasteiger partial charge in [0.05, 0.1) is 11.4 Å². The molecule has 2 aliphatic rings. The standard InChI is InChI=1S/C36H36N2S3/c1-23(2)21-25-5-9-27(10-6-25)33-17-19-35(39-33)29-13-14-30(32-16-15-31(29)37-41-38-32)36-20-18-34(40-36)28-11-7-26(8-12-28)22-24(3)4/h5-14,17-20,23-24H,15-16,21-22H2,1-4H3. The highest BCUT2D eigenvalue weighted by Crippen LogP contribution is 2.39. The number of hydrogen-bond donors (Lipinski definition) is 0. The van der Waals surface area contributed by atoms with Crippen molar-refractivity contribution in [3.05, 3.63) is 106 Å². The van der Waals surface area contributed by atoms with Gasteiger partial charge in [-0.1, -0.05) is 88.4 Å². The van der Waals surface area contributed by atoms with Crippen LogP contribution >= 0.6 is 34.8 Å². The van der Waals surface area contributed by atoms with E-state index >= 15 is 0 Å². The van der Waals surface area contributed by atoms with Gasteiger partial charge in [-0.25, -0.2) is 0 Å². The molecule has 0 N–H and O–H groups in total. The Hall–Kier alpha value is -2.99. The third-order valence-corrected chi connectivity index (χ3v) is 10.4. The molecule has 6 rings (SSSR count). The van der Waals surface area contributed by atoms with E-state index in [-0.39, 0.29) is 0 Å². The van der Waals surface area contributed by atoms with Crippen LogP contribution in [-0.2, 0) is 12.8 Å². The van der Waals surface area contributed by atoms with Gasteiger partial charge in [-0.2, -0.15) is 8.80 Å². The van der Waals surface area contributed by atoms with E-state index in [9.17, 15) is 0 Å². The number of thiophene rings is 2. The molecule has 0 atom stereocenters. The zero-order valence-electron chi connectivity index (χ0n) is 24.2. The SMILES string of the molecule is CC(C)Cc1ccc(-c2ccc(C3=CC=C(c4ccc(-c5ccc(CC(C)C)cc5)s4)C4=NSN=C3CC4)s2)cc1. The molecule has 2 aromatic carbocycles. The van der Waals surface area contributed by atoms with E-state index in [0.717, 1.165) is 37.1 Å². The summed E-state index contributed by atoms with van der Waals surface area (Å²) in [5.41, 5.74) is 10.1. The summed E-state index contributed by atoms with van der Waals surface area (Å²) in [5.74, 6) is 1.34. The summed E-state index contributed by atoms with van der Waals surface area (Å²) in [5, 5.41) is 0. The summed E-state index contributed by atoms with van der Waals surface area (Å²) >= 11 is 5.04. The Kier molecular flexibility index (Phi) is 8.57. The maximum atomic E-state index is 4.85. The fourth-order valence-corrected chi connectivity index (χ4v) is 8.19. The van der Waals surface area contributed by atoms with Crippen molar-refractivity contribution in [3.8, 4) is 20.9 Å². The molecule has 0 radical (unpaired) electrons. The molecule has 41 heavy (non-hydrogen) atoms. The molecule has 0 saturated heterocycles. The molecular weight excluding hydrogens is 557 g/mol. The molecule has 0 fully saturated rings. The van der Waals surface area contributed by atoms with E-state index in [1.54, 1.807) is 0 Å². The van der Waals surface area contributed by atoms with E-state index < -0.39 is 0 Å². The van der Waals surface area contributed by atoms with Gasteiger partial charge in [-0.05, 0) is 84.0 Å². The average molecular weight is 593 g/mol. The van der Waals surface area contributed by atoms with Gasteiger partial charge < -0.3 is 0 Å². The molecule has 0 spiro atoms. The largest absolute Gasteiger partial charge is 0.197 e. The van der Waals surface area contributed by atoms with Gasteiger partial charge >= 0.3 is 0 Å². The molecule has 0 unspecified atom stereocenters. The monoisotopic (exact) mass is 592 g/mol. The van der Waals surface area contributed by atoms with Gasteiger partial charge in [0, 0.05) is 30.7 Å². The summed E-state index contributed by atoms with van der Waals surface area (Å²) < 4.78 is 9.69. The van der Waals surface area contributed by atoms with E-state index in [1.807, 2.05) is 22.7 Å². The number of nitrogens with zero attached hydrogens (tertiary/aromatic N) is 2. The summed E-state index contributed by atoms with van der Waals surface area (Å²) in [6, 6.07) is 27.2. The normalized spacial score (nSPS) is 15.3. The van der Waals surface area contributed by atoms with Crippen molar-refractivity contribution in [1.29, 1.82) is 0 Å². The second kappa shape index (κ2) is 12.5. The van der Waals surface area contributed by atoms with Crippen LogP contribution < -0.4 is 0 Å². The number of benzene rings is 2. The molecule has 208 valence electrons. The second-order valence-corrected chi connectivity index (χ2v) is 14.4. The van der Waals surface area contributed by atoms with E-state index in [1.165, 1.54) is 65.0 Å². The number of allylic oxidation sites excluding steroid dienone is 4. The van der Waals surface area contributed by atoms with Crippen LogP contribution in [-0.4, -0.2) is 11.4 Å². The lowest BCUT2D eigenvalue weighted by Crippen LogP contribution is -2.08. The van der Waals surface area contributed by atoms with Gasteiger partial charge in [0.15, 0.2) is 0 Å². The molecule has 4 aromatic rings. The number of rotatable bonds is 8. The second-order valence-electron chi connectivity index (χ2n) is 11.7.